The van der Waals surface area contributed by atoms with Crippen LogP contribution in [0.3, 0.4) is 0 Å². The second-order valence-corrected chi connectivity index (χ2v) is 7.66. The second-order valence-electron chi connectivity index (χ2n) is 7.22. The lowest BCUT2D eigenvalue weighted by Gasteiger charge is -2.16. The molecule has 3 aromatic rings. The Balaban J connectivity index is 1.62. The first kappa shape index (κ1) is 21.1. The number of aromatic nitrogens is 2. The fourth-order valence-corrected chi connectivity index (χ4v) is 4.00. The van der Waals surface area contributed by atoms with Crippen molar-refractivity contribution in [2.24, 2.45) is 0 Å². The van der Waals surface area contributed by atoms with Crippen LogP contribution in [0.15, 0.2) is 42.5 Å². The van der Waals surface area contributed by atoms with Crippen molar-refractivity contribution in [1.29, 1.82) is 0 Å². The first-order chi connectivity index (χ1) is 15.0. The van der Waals surface area contributed by atoms with Gasteiger partial charge in [0.2, 0.25) is 11.9 Å². The summed E-state index contributed by atoms with van der Waals surface area (Å²) in [6.45, 7) is 1.000. The Labute approximate surface area is 184 Å². The maximum Gasteiger partial charge on any atom is 0.253 e. The number of benzene rings is 2. The van der Waals surface area contributed by atoms with E-state index in [1.54, 1.807) is 30.2 Å². The summed E-state index contributed by atoms with van der Waals surface area (Å²) in [6, 6.07) is 11.9. The quantitative estimate of drug-likeness (QED) is 0.538. The highest BCUT2D eigenvalue weighted by molar-refractivity contribution is 6.31. The van der Waals surface area contributed by atoms with Gasteiger partial charge < -0.3 is 14.8 Å². The third-order valence-corrected chi connectivity index (χ3v) is 5.46. The smallest absolute Gasteiger partial charge is 0.253 e. The number of ether oxygens (including phenoxy) is 2. The van der Waals surface area contributed by atoms with Crippen molar-refractivity contribution in [3.05, 3.63) is 47.5 Å². The van der Waals surface area contributed by atoms with Gasteiger partial charge in [0, 0.05) is 25.3 Å². The zero-order valence-corrected chi connectivity index (χ0v) is 18.1. The van der Waals surface area contributed by atoms with E-state index in [4.69, 9.17) is 21.1 Å². The van der Waals surface area contributed by atoms with Gasteiger partial charge in [0.1, 0.15) is 11.8 Å². The maximum atomic E-state index is 13.2. The number of nitrogens with zero attached hydrogens (tertiary/aromatic N) is 3. The molecule has 0 unspecified atom stereocenters. The Hall–Kier alpha value is -3.10. The van der Waals surface area contributed by atoms with Gasteiger partial charge >= 0.3 is 0 Å². The number of rotatable bonds is 8. The molecule has 31 heavy (non-hydrogen) atoms. The van der Waals surface area contributed by atoms with Crippen LogP contribution < -0.4 is 15.0 Å². The van der Waals surface area contributed by atoms with E-state index in [0.29, 0.717) is 42.0 Å². The molecule has 1 aromatic heterocycles. The molecule has 0 saturated carbocycles. The highest BCUT2D eigenvalue weighted by Crippen LogP contribution is 2.37. The summed E-state index contributed by atoms with van der Waals surface area (Å²) >= 11 is 6.06. The minimum atomic E-state index is -0.685. The molecule has 1 aliphatic heterocycles. The minimum Gasteiger partial charge on any atom is -0.495 e. The lowest BCUT2D eigenvalue weighted by atomic mass is 10.1. The van der Waals surface area contributed by atoms with Gasteiger partial charge in [-0.2, -0.15) is 0 Å². The van der Waals surface area contributed by atoms with Crippen LogP contribution in [0.5, 0.6) is 5.75 Å². The number of imidazole rings is 1. The number of para-hydroxylation sites is 2. The van der Waals surface area contributed by atoms with E-state index in [9.17, 15) is 9.59 Å². The molecule has 0 radical (unpaired) electrons. The van der Waals surface area contributed by atoms with Crippen molar-refractivity contribution >= 4 is 46.1 Å². The lowest BCUT2D eigenvalue weighted by Crippen LogP contribution is -2.32. The molecule has 2 heterocycles. The molecule has 0 fully saturated rings. The number of hydrogen-bond acceptors (Lipinski definition) is 5. The number of fused-ring (bicyclic) bond motifs is 3. The molecule has 0 bridgehead atoms. The molecule has 2 amide bonds. The number of methoxy groups -OCH3 is 2. The standard InChI is InChI=1S/C22H23ClN4O4/c1-30-11-5-10-26-21(29)18(27-17-7-4-3-6-15(17)25-22(26)27)13-20(28)24-16-12-14(23)8-9-19(16)31-2/h3-4,6-9,12,18H,5,10-11,13H2,1-2H3,(H,24,28)/t18-/m0/s1. The topological polar surface area (TPSA) is 85.7 Å². The van der Waals surface area contributed by atoms with Crippen molar-refractivity contribution in [2.75, 3.05) is 37.6 Å². The van der Waals surface area contributed by atoms with Crippen LogP contribution in [0.4, 0.5) is 11.6 Å². The van der Waals surface area contributed by atoms with E-state index in [0.717, 1.165) is 11.0 Å². The van der Waals surface area contributed by atoms with Crippen LogP contribution in [0.2, 0.25) is 5.02 Å². The number of hydrogen-bond donors (Lipinski definition) is 1. The van der Waals surface area contributed by atoms with Gasteiger partial charge in [-0.3, -0.25) is 19.1 Å². The zero-order valence-electron chi connectivity index (χ0n) is 17.3. The average molecular weight is 443 g/mol. The van der Waals surface area contributed by atoms with Crippen LogP contribution in [0.1, 0.15) is 18.9 Å². The molecule has 1 N–H and O–H groups in total. The molecule has 8 nitrogen and oxygen atoms in total. The average Bonchev–Trinajstić information content (AvgIpc) is 3.24. The summed E-state index contributed by atoms with van der Waals surface area (Å²) in [6.07, 6.45) is 0.632. The maximum absolute atomic E-state index is 13.2. The molecule has 0 aliphatic carbocycles. The number of amides is 2. The fraction of sp³-hybridized carbons (Fsp3) is 0.318. The molecular weight excluding hydrogens is 420 g/mol. The predicted octanol–water partition coefficient (Wildman–Crippen LogP) is 3.65. The SMILES string of the molecule is COCCCN1C(=O)[C@H](CC(=O)Nc2cc(Cl)ccc2OC)n2c1nc1ccccc12. The Morgan fingerprint density at radius 1 is 1.23 bits per heavy atom. The Morgan fingerprint density at radius 2 is 2.03 bits per heavy atom. The lowest BCUT2D eigenvalue weighted by molar-refractivity contribution is -0.124. The van der Waals surface area contributed by atoms with Crippen molar-refractivity contribution in [3.8, 4) is 5.75 Å². The largest absolute Gasteiger partial charge is 0.495 e. The number of carbonyl (C=O) groups excluding carboxylic acids is 2. The Kier molecular flexibility index (Phi) is 6.11. The number of nitrogens with one attached hydrogen (secondary N) is 1. The molecule has 9 heteroatoms. The van der Waals surface area contributed by atoms with Crippen molar-refractivity contribution in [2.45, 2.75) is 18.9 Å². The van der Waals surface area contributed by atoms with Crippen LogP contribution in [-0.2, 0) is 14.3 Å². The van der Waals surface area contributed by atoms with Gasteiger partial charge in [0.15, 0.2) is 0 Å². The monoisotopic (exact) mass is 442 g/mol. The van der Waals surface area contributed by atoms with E-state index in [1.165, 1.54) is 7.11 Å². The molecule has 4 rings (SSSR count). The summed E-state index contributed by atoms with van der Waals surface area (Å²) in [7, 11) is 3.14. The molecule has 2 aromatic carbocycles. The van der Waals surface area contributed by atoms with Gasteiger partial charge in [-0.05, 0) is 36.8 Å². The van der Waals surface area contributed by atoms with E-state index >= 15 is 0 Å². The normalized spacial score (nSPS) is 15.4. The third-order valence-electron chi connectivity index (χ3n) is 5.23. The molecule has 1 atom stereocenters. The second kappa shape index (κ2) is 8.95. The van der Waals surface area contributed by atoms with Gasteiger partial charge in [-0.1, -0.05) is 23.7 Å². The molecule has 1 aliphatic rings. The first-order valence-corrected chi connectivity index (χ1v) is 10.3. The van der Waals surface area contributed by atoms with Crippen LogP contribution in [0.25, 0.3) is 11.0 Å². The summed E-state index contributed by atoms with van der Waals surface area (Å²) in [4.78, 5) is 32.4. The van der Waals surface area contributed by atoms with Crippen molar-refractivity contribution in [1.82, 2.24) is 9.55 Å². The number of anilines is 2. The Bertz CT molecular complexity index is 1130. The van der Waals surface area contributed by atoms with Gasteiger partial charge in [0.25, 0.3) is 5.91 Å². The molecule has 162 valence electrons. The van der Waals surface area contributed by atoms with Gasteiger partial charge in [-0.15, -0.1) is 0 Å². The third kappa shape index (κ3) is 4.08. The van der Waals surface area contributed by atoms with Gasteiger partial charge in [-0.25, -0.2) is 4.98 Å². The minimum absolute atomic E-state index is 0.0391. The van der Waals surface area contributed by atoms with E-state index in [-0.39, 0.29) is 18.2 Å². The van der Waals surface area contributed by atoms with Crippen molar-refractivity contribution in [3.63, 3.8) is 0 Å². The summed E-state index contributed by atoms with van der Waals surface area (Å²) in [5.41, 5.74) is 2.06. The van der Waals surface area contributed by atoms with E-state index in [1.807, 2.05) is 28.8 Å². The first-order valence-electron chi connectivity index (χ1n) is 9.94. The highest BCUT2D eigenvalue weighted by Gasteiger charge is 2.40. The van der Waals surface area contributed by atoms with E-state index in [2.05, 4.69) is 10.3 Å². The number of halogens is 1. The zero-order chi connectivity index (χ0) is 22.0. The summed E-state index contributed by atoms with van der Waals surface area (Å²) in [5, 5.41) is 3.29. The van der Waals surface area contributed by atoms with Crippen molar-refractivity contribution < 1.29 is 19.1 Å². The molecule has 0 spiro atoms. The Morgan fingerprint density at radius 3 is 2.81 bits per heavy atom. The van der Waals surface area contributed by atoms with Crippen LogP contribution in [-0.4, -0.2) is 48.7 Å². The highest BCUT2D eigenvalue weighted by atomic mass is 35.5. The molecular formula is C22H23ClN4O4. The summed E-state index contributed by atoms with van der Waals surface area (Å²) < 4.78 is 12.3. The van der Waals surface area contributed by atoms with E-state index < -0.39 is 6.04 Å². The van der Waals surface area contributed by atoms with Crippen LogP contribution in [0, 0.1) is 0 Å². The van der Waals surface area contributed by atoms with Crippen LogP contribution >= 0.6 is 11.6 Å². The summed E-state index contributed by atoms with van der Waals surface area (Å²) in [5.74, 6) is 0.574. The fourth-order valence-electron chi connectivity index (χ4n) is 3.83. The number of carbonyl (C=O) groups is 2. The molecule has 0 saturated heterocycles. The van der Waals surface area contributed by atoms with Gasteiger partial charge in [0.05, 0.1) is 30.3 Å². The predicted molar refractivity (Wildman–Crippen MR) is 119 cm³/mol.